The molecule has 1 rings (SSSR count). The fraction of sp³-hybridized carbons (Fsp3) is 0.667. The van der Waals surface area contributed by atoms with Crippen LogP contribution < -0.4 is 16.4 Å². The van der Waals surface area contributed by atoms with Crippen molar-refractivity contribution in [3.63, 3.8) is 0 Å². The second-order valence-electron chi connectivity index (χ2n) is 5.43. The normalized spacial score (nSPS) is 12.2. The lowest BCUT2D eigenvalue weighted by Crippen LogP contribution is -2.30. The van der Waals surface area contributed by atoms with Gasteiger partial charge in [-0.2, -0.15) is 0 Å². The predicted molar refractivity (Wildman–Crippen MR) is 105 cm³/mol. The molecule has 0 aliphatic heterocycles. The highest BCUT2D eigenvalue weighted by molar-refractivity contribution is 7.13. The lowest BCUT2D eigenvalue weighted by Gasteiger charge is -2.05. The van der Waals surface area contributed by atoms with Crippen molar-refractivity contribution in [2.45, 2.75) is 25.7 Å². The fourth-order valence-corrected chi connectivity index (χ4v) is 2.81. The Balaban J connectivity index is 2.19. The van der Waals surface area contributed by atoms with Gasteiger partial charge in [-0.25, -0.2) is 4.98 Å². The number of amidine groups is 1. The van der Waals surface area contributed by atoms with Crippen LogP contribution in [0.15, 0.2) is 15.4 Å². The van der Waals surface area contributed by atoms with E-state index in [1.54, 1.807) is 14.2 Å². The van der Waals surface area contributed by atoms with E-state index in [2.05, 4.69) is 25.6 Å². The molecule has 1 aromatic heterocycles. The van der Waals surface area contributed by atoms with Gasteiger partial charge in [0.25, 0.3) is 6.54 Å². The van der Waals surface area contributed by atoms with Crippen LogP contribution >= 0.6 is 11.3 Å². The summed E-state index contributed by atoms with van der Waals surface area (Å²) in [4.78, 5) is 22.5. The van der Waals surface area contributed by atoms with Crippen LogP contribution in [0.5, 0.6) is 0 Å². The Morgan fingerprint density at radius 3 is 2.96 bits per heavy atom. The monoisotopic (exact) mass is 385 g/mol. The van der Waals surface area contributed by atoms with Gasteiger partial charge in [-0.15, -0.1) is 11.3 Å². The van der Waals surface area contributed by atoms with Crippen molar-refractivity contribution in [2.75, 3.05) is 45.7 Å². The fourth-order valence-electron chi connectivity index (χ4n) is 2.05. The first-order valence-electron chi connectivity index (χ1n) is 8.36. The minimum absolute atomic E-state index is 0.261. The Bertz CT molecular complexity index is 604. The number of nitrogens with one attached hydrogen (secondary N) is 2. The van der Waals surface area contributed by atoms with Gasteiger partial charge in [0.2, 0.25) is 0 Å². The highest BCUT2D eigenvalue weighted by Gasteiger charge is 2.06. The van der Waals surface area contributed by atoms with Gasteiger partial charge in [0.05, 0.1) is 18.8 Å². The number of nitrogens with zero attached hydrogens (tertiary/aromatic N) is 4. The molecule has 0 spiro atoms. The molecule has 0 bridgehead atoms. The van der Waals surface area contributed by atoms with Crippen molar-refractivity contribution < 1.29 is 9.66 Å². The molecular formula is C15H27N7O3S. The molecule has 0 saturated carbocycles. The molecule has 1 aromatic rings. The third kappa shape index (κ3) is 9.89. The van der Waals surface area contributed by atoms with Crippen LogP contribution in [0.2, 0.25) is 0 Å². The lowest BCUT2D eigenvalue weighted by atomic mass is 10.1. The van der Waals surface area contributed by atoms with Crippen LogP contribution in [0.1, 0.15) is 25.0 Å². The zero-order chi connectivity index (χ0) is 19.2. The molecule has 0 aliphatic carbocycles. The number of rotatable bonds is 12. The van der Waals surface area contributed by atoms with Crippen LogP contribution in [0.3, 0.4) is 0 Å². The highest BCUT2D eigenvalue weighted by atomic mass is 32.1. The number of anilines is 1. The molecule has 0 radical (unpaired) electrons. The van der Waals surface area contributed by atoms with E-state index in [-0.39, 0.29) is 6.54 Å². The Kier molecular flexibility index (Phi) is 10.9. The number of aromatic nitrogens is 1. The Labute approximate surface area is 157 Å². The number of aryl methyl sites for hydroxylation is 1. The smallest absolute Gasteiger partial charge is 0.259 e. The Hall–Kier alpha value is -2.27. The molecule has 146 valence electrons. The standard InChI is InChI=1S/C15H27N7O3S/c1-17-13(10-22(23)24)18-7-5-3-4-6-12-11-26-15(20-12)21-14(16)19-8-9-25-2/h11H,3-10H2,1-2H3,(H,17,18)(H3,16,19,20,21). The maximum atomic E-state index is 10.4. The summed E-state index contributed by atoms with van der Waals surface area (Å²) >= 11 is 1.49. The summed E-state index contributed by atoms with van der Waals surface area (Å²) in [7, 11) is 3.17. The van der Waals surface area contributed by atoms with E-state index in [1.807, 2.05) is 5.38 Å². The van der Waals surface area contributed by atoms with Crippen LogP contribution in [0, 0.1) is 10.1 Å². The van der Waals surface area contributed by atoms with Crippen LogP contribution in [-0.4, -0.2) is 62.1 Å². The third-order valence-electron chi connectivity index (χ3n) is 3.35. The van der Waals surface area contributed by atoms with Crippen molar-refractivity contribution in [3.05, 3.63) is 21.2 Å². The maximum Gasteiger partial charge on any atom is 0.259 e. The molecule has 10 nitrogen and oxygen atoms in total. The van der Waals surface area contributed by atoms with Crippen LogP contribution in [0.4, 0.5) is 5.13 Å². The molecule has 1 heterocycles. The predicted octanol–water partition coefficient (Wildman–Crippen LogP) is 1.12. The molecule has 11 heteroatoms. The van der Waals surface area contributed by atoms with E-state index in [9.17, 15) is 10.1 Å². The van der Waals surface area contributed by atoms with E-state index in [0.29, 0.717) is 31.5 Å². The van der Waals surface area contributed by atoms with Crippen molar-refractivity contribution in [1.29, 1.82) is 0 Å². The summed E-state index contributed by atoms with van der Waals surface area (Å²) in [6.45, 7) is 1.45. The van der Waals surface area contributed by atoms with Gasteiger partial charge in [-0.3, -0.25) is 20.1 Å². The number of ether oxygens (including phenoxy) is 1. The first-order valence-corrected chi connectivity index (χ1v) is 9.24. The summed E-state index contributed by atoms with van der Waals surface area (Å²) in [5.41, 5.74) is 6.78. The summed E-state index contributed by atoms with van der Waals surface area (Å²) in [5, 5.41) is 19.1. The molecule has 0 aromatic carbocycles. The summed E-state index contributed by atoms with van der Waals surface area (Å²) in [6.07, 6.45) is 3.80. The number of unbranched alkanes of at least 4 members (excludes halogenated alkanes) is 2. The minimum Gasteiger partial charge on any atom is -0.383 e. The number of hydrogen-bond acceptors (Lipinski definition) is 7. The second-order valence-corrected chi connectivity index (χ2v) is 6.29. The molecule has 0 aliphatic rings. The van der Waals surface area contributed by atoms with Crippen molar-refractivity contribution in [1.82, 2.24) is 10.3 Å². The number of nitro groups is 1. The molecule has 4 N–H and O–H groups in total. The summed E-state index contributed by atoms with van der Waals surface area (Å²) < 4.78 is 4.91. The molecular weight excluding hydrogens is 358 g/mol. The molecule has 0 atom stereocenters. The quantitative estimate of drug-likeness (QED) is 0.161. The van der Waals surface area contributed by atoms with Gasteiger partial charge in [0.15, 0.2) is 16.9 Å². The SMILES string of the molecule is CN=C(C[N+](=O)[O-])NCCCCCc1csc(NC(N)=NCCOC)n1. The highest BCUT2D eigenvalue weighted by Crippen LogP contribution is 2.16. The number of thiazole rings is 1. The zero-order valence-electron chi connectivity index (χ0n) is 15.2. The number of guanidine groups is 1. The topological polar surface area (TPSA) is 140 Å². The molecule has 0 unspecified atom stereocenters. The van der Waals surface area contributed by atoms with Crippen molar-refractivity contribution in [2.24, 2.45) is 15.7 Å². The van der Waals surface area contributed by atoms with Crippen LogP contribution in [-0.2, 0) is 11.2 Å². The second kappa shape index (κ2) is 13.0. The van der Waals surface area contributed by atoms with Crippen LogP contribution in [0.25, 0.3) is 0 Å². The third-order valence-corrected chi connectivity index (χ3v) is 4.16. The minimum atomic E-state index is -0.391. The van der Waals surface area contributed by atoms with Gasteiger partial charge in [0.1, 0.15) is 0 Å². The van der Waals surface area contributed by atoms with E-state index in [1.165, 1.54) is 11.3 Å². The van der Waals surface area contributed by atoms with E-state index in [0.717, 1.165) is 36.5 Å². The van der Waals surface area contributed by atoms with Gasteiger partial charge in [-0.1, -0.05) is 6.42 Å². The van der Waals surface area contributed by atoms with Gasteiger partial charge in [-0.05, 0) is 19.3 Å². The largest absolute Gasteiger partial charge is 0.383 e. The van der Waals surface area contributed by atoms with Crippen molar-refractivity contribution in [3.8, 4) is 0 Å². The van der Waals surface area contributed by atoms with E-state index >= 15 is 0 Å². The molecule has 26 heavy (non-hydrogen) atoms. The average Bonchev–Trinajstić information content (AvgIpc) is 3.03. The Morgan fingerprint density at radius 1 is 1.46 bits per heavy atom. The number of hydrogen-bond donors (Lipinski definition) is 3. The van der Waals surface area contributed by atoms with Gasteiger partial charge >= 0.3 is 0 Å². The Morgan fingerprint density at radius 2 is 2.27 bits per heavy atom. The van der Waals surface area contributed by atoms with Gasteiger partial charge < -0.3 is 21.1 Å². The number of methoxy groups -OCH3 is 1. The molecule has 0 amide bonds. The molecule has 0 fully saturated rings. The zero-order valence-corrected chi connectivity index (χ0v) is 16.0. The first kappa shape index (κ1) is 21.8. The molecule has 0 saturated heterocycles. The van der Waals surface area contributed by atoms with E-state index < -0.39 is 4.92 Å². The lowest BCUT2D eigenvalue weighted by molar-refractivity contribution is -0.463. The average molecular weight is 385 g/mol. The summed E-state index contributed by atoms with van der Waals surface area (Å²) in [6, 6.07) is 0. The van der Waals surface area contributed by atoms with Crippen molar-refractivity contribution >= 4 is 28.3 Å². The number of nitrogens with two attached hydrogens (primary N) is 1. The first-order chi connectivity index (χ1) is 12.5. The maximum absolute atomic E-state index is 10.4. The van der Waals surface area contributed by atoms with E-state index in [4.69, 9.17) is 10.5 Å². The number of aliphatic imine (C=N–C) groups is 2. The summed E-state index contributed by atoms with van der Waals surface area (Å²) in [5.74, 6) is 0.743. The van der Waals surface area contributed by atoms with Gasteiger partial charge in [0, 0.05) is 31.0 Å².